The zero-order valence-corrected chi connectivity index (χ0v) is 18.3. The van der Waals surface area contributed by atoms with Gasteiger partial charge in [-0.3, -0.25) is 0 Å². The van der Waals surface area contributed by atoms with Gasteiger partial charge in [-0.15, -0.1) is 0 Å². The number of hydrogen-bond donors (Lipinski definition) is 0. The number of rotatable bonds is 17. The molecule has 29 heavy (non-hydrogen) atoms. The molecule has 0 aliphatic carbocycles. The molecule has 1 aromatic rings. The zero-order valence-electron chi connectivity index (χ0n) is 18.3. The van der Waals surface area contributed by atoms with Crippen molar-refractivity contribution in [2.45, 2.75) is 78.1 Å². The Balaban J connectivity index is 2.23. The second-order valence-corrected chi connectivity index (χ2v) is 7.20. The fourth-order valence-corrected chi connectivity index (χ4v) is 3.09. The van der Waals surface area contributed by atoms with Gasteiger partial charge >= 0.3 is 11.9 Å². The Hall–Kier alpha value is -1.88. The molecular formula is C24H38O5. The van der Waals surface area contributed by atoms with E-state index in [0.29, 0.717) is 19.8 Å². The van der Waals surface area contributed by atoms with Crippen LogP contribution in [0, 0.1) is 0 Å². The summed E-state index contributed by atoms with van der Waals surface area (Å²) in [6, 6.07) is 6.60. The molecule has 0 bridgehead atoms. The summed E-state index contributed by atoms with van der Waals surface area (Å²) in [7, 11) is 0. The van der Waals surface area contributed by atoms with Gasteiger partial charge in [0.05, 0.1) is 24.3 Å². The van der Waals surface area contributed by atoms with E-state index in [-0.39, 0.29) is 17.7 Å². The Bertz CT molecular complexity index is 570. The lowest BCUT2D eigenvalue weighted by atomic mass is 10.1. The monoisotopic (exact) mass is 406 g/mol. The molecule has 0 saturated carbocycles. The highest BCUT2D eigenvalue weighted by Crippen LogP contribution is 2.13. The largest absolute Gasteiger partial charge is 0.462 e. The van der Waals surface area contributed by atoms with Crippen molar-refractivity contribution in [1.82, 2.24) is 0 Å². The predicted molar refractivity (Wildman–Crippen MR) is 115 cm³/mol. The van der Waals surface area contributed by atoms with Crippen LogP contribution in [0.1, 0.15) is 98.8 Å². The normalized spacial score (nSPS) is 10.7. The van der Waals surface area contributed by atoms with Crippen molar-refractivity contribution in [2.24, 2.45) is 0 Å². The second-order valence-electron chi connectivity index (χ2n) is 7.20. The van der Waals surface area contributed by atoms with Crippen LogP contribution in [0.2, 0.25) is 0 Å². The molecule has 0 amide bonds. The molecular weight excluding hydrogens is 368 g/mol. The number of ether oxygens (including phenoxy) is 3. The van der Waals surface area contributed by atoms with E-state index in [1.807, 2.05) is 6.92 Å². The van der Waals surface area contributed by atoms with Crippen LogP contribution in [-0.2, 0) is 14.2 Å². The minimum absolute atomic E-state index is 0.161. The number of unbranched alkanes of at least 4 members (excludes halogenated alkanes) is 9. The van der Waals surface area contributed by atoms with Gasteiger partial charge in [-0.05, 0) is 25.5 Å². The number of hydrogen-bond acceptors (Lipinski definition) is 5. The Morgan fingerprint density at radius 3 is 1.66 bits per heavy atom. The summed E-state index contributed by atoms with van der Waals surface area (Å²) in [5.74, 6) is -1.01. The highest BCUT2D eigenvalue weighted by Gasteiger charge is 2.18. The number of carbonyl (C=O) groups is 2. The van der Waals surface area contributed by atoms with Crippen molar-refractivity contribution in [2.75, 3.05) is 26.4 Å². The van der Waals surface area contributed by atoms with Gasteiger partial charge in [0.2, 0.25) is 0 Å². The van der Waals surface area contributed by atoms with Crippen LogP contribution in [0.5, 0.6) is 0 Å². The minimum atomic E-state index is -0.531. The van der Waals surface area contributed by atoms with Crippen molar-refractivity contribution < 1.29 is 23.8 Å². The molecule has 0 aromatic heterocycles. The van der Waals surface area contributed by atoms with Crippen LogP contribution in [-0.4, -0.2) is 38.4 Å². The molecule has 0 atom stereocenters. The van der Waals surface area contributed by atoms with Crippen molar-refractivity contribution >= 4 is 11.9 Å². The first-order chi connectivity index (χ1) is 14.2. The summed E-state index contributed by atoms with van der Waals surface area (Å²) in [6.07, 6.45) is 12.3. The lowest BCUT2D eigenvalue weighted by Crippen LogP contribution is -2.16. The Labute approximate surface area is 176 Å². The van der Waals surface area contributed by atoms with E-state index in [1.165, 1.54) is 51.4 Å². The molecule has 164 valence electrons. The van der Waals surface area contributed by atoms with E-state index in [9.17, 15) is 9.59 Å². The summed E-state index contributed by atoms with van der Waals surface area (Å²) in [4.78, 5) is 24.6. The molecule has 0 saturated heterocycles. The first kappa shape index (κ1) is 25.2. The van der Waals surface area contributed by atoms with Gasteiger partial charge in [-0.25, -0.2) is 9.59 Å². The summed E-state index contributed by atoms with van der Waals surface area (Å²) in [5.41, 5.74) is 0.484. The lowest BCUT2D eigenvalue weighted by Gasteiger charge is -2.10. The van der Waals surface area contributed by atoms with Crippen LogP contribution in [0.3, 0.4) is 0 Å². The highest BCUT2D eigenvalue weighted by molar-refractivity contribution is 6.03. The van der Waals surface area contributed by atoms with Crippen molar-refractivity contribution in [3.63, 3.8) is 0 Å². The molecule has 0 radical (unpaired) electrons. The van der Waals surface area contributed by atoms with Gasteiger partial charge in [-0.1, -0.05) is 76.8 Å². The Morgan fingerprint density at radius 2 is 1.14 bits per heavy atom. The van der Waals surface area contributed by atoms with Crippen LogP contribution in [0.4, 0.5) is 0 Å². The molecule has 0 fully saturated rings. The Kier molecular flexibility index (Phi) is 14.8. The summed E-state index contributed by atoms with van der Waals surface area (Å²) >= 11 is 0. The van der Waals surface area contributed by atoms with Crippen molar-refractivity contribution in [3.8, 4) is 0 Å². The van der Waals surface area contributed by atoms with Crippen LogP contribution in [0.15, 0.2) is 24.3 Å². The third kappa shape index (κ3) is 11.6. The molecule has 0 N–H and O–H groups in total. The van der Waals surface area contributed by atoms with Gasteiger partial charge in [-0.2, -0.15) is 0 Å². The Morgan fingerprint density at radius 1 is 0.655 bits per heavy atom. The number of benzene rings is 1. The third-order valence-corrected chi connectivity index (χ3v) is 4.76. The maximum atomic E-state index is 12.4. The van der Waals surface area contributed by atoms with Gasteiger partial charge in [0.1, 0.15) is 6.61 Å². The average Bonchev–Trinajstić information content (AvgIpc) is 2.74. The van der Waals surface area contributed by atoms with Gasteiger partial charge in [0.25, 0.3) is 0 Å². The topological polar surface area (TPSA) is 61.8 Å². The van der Waals surface area contributed by atoms with E-state index in [4.69, 9.17) is 14.2 Å². The lowest BCUT2D eigenvalue weighted by molar-refractivity contribution is 0.0325. The first-order valence-electron chi connectivity index (χ1n) is 11.2. The van der Waals surface area contributed by atoms with Gasteiger partial charge in [0.15, 0.2) is 0 Å². The molecule has 0 unspecified atom stereocenters. The smallest absolute Gasteiger partial charge is 0.339 e. The second kappa shape index (κ2) is 17.0. The molecule has 5 nitrogen and oxygen atoms in total. The maximum Gasteiger partial charge on any atom is 0.339 e. The van der Waals surface area contributed by atoms with E-state index < -0.39 is 11.9 Å². The van der Waals surface area contributed by atoms with Crippen LogP contribution in [0.25, 0.3) is 0 Å². The average molecular weight is 407 g/mol. The third-order valence-electron chi connectivity index (χ3n) is 4.76. The molecule has 0 aliphatic heterocycles. The summed E-state index contributed by atoms with van der Waals surface area (Å²) in [6.45, 7) is 5.56. The zero-order chi connectivity index (χ0) is 21.2. The van der Waals surface area contributed by atoms with Crippen molar-refractivity contribution in [3.05, 3.63) is 35.4 Å². The molecule has 1 rings (SSSR count). The predicted octanol–water partition coefficient (Wildman–Crippen LogP) is 5.96. The standard InChI is InChI=1S/C24H38O5/c1-3-5-6-7-8-9-10-11-12-15-18-28-23(25)21-16-13-14-17-22(21)24(26)29-20-19-27-4-2/h13-14,16-17H,3-12,15,18-20H2,1-2H3. The fraction of sp³-hybridized carbons (Fsp3) is 0.667. The van der Waals surface area contributed by atoms with Crippen LogP contribution >= 0.6 is 0 Å². The highest BCUT2D eigenvalue weighted by atomic mass is 16.6. The SMILES string of the molecule is CCCCCCCCCCCCOC(=O)c1ccccc1C(=O)OCCOCC. The molecule has 0 heterocycles. The summed E-state index contributed by atoms with van der Waals surface area (Å²) < 4.78 is 15.7. The van der Waals surface area contributed by atoms with Gasteiger partial charge in [0, 0.05) is 6.61 Å². The maximum absolute atomic E-state index is 12.4. The number of carbonyl (C=O) groups excluding carboxylic acids is 2. The van der Waals surface area contributed by atoms with Gasteiger partial charge < -0.3 is 14.2 Å². The van der Waals surface area contributed by atoms with E-state index in [1.54, 1.807) is 24.3 Å². The van der Waals surface area contributed by atoms with Crippen molar-refractivity contribution in [1.29, 1.82) is 0 Å². The van der Waals surface area contributed by atoms with E-state index in [0.717, 1.165) is 12.8 Å². The fourth-order valence-electron chi connectivity index (χ4n) is 3.09. The van der Waals surface area contributed by atoms with E-state index in [2.05, 4.69) is 6.92 Å². The van der Waals surface area contributed by atoms with Crippen LogP contribution < -0.4 is 0 Å². The minimum Gasteiger partial charge on any atom is -0.462 e. The van der Waals surface area contributed by atoms with E-state index >= 15 is 0 Å². The quantitative estimate of drug-likeness (QED) is 0.236. The number of esters is 2. The molecule has 5 heteroatoms. The first-order valence-corrected chi connectivity index (χ1v) is 11.2. The summed E-state index contributed by atoms with van der Waals surface area (Å²) in [5, 5.41) is 0. The molecule has 0 aliphatic rings. The molecule has 1 aromatic carbocycles. The molecule has 0 spiro atoms.